The van der Waals surface area contributed by atoms with Crippen molar-refractivity contribution in [2.75, 3.05) is 11.4 Å². The van der Waals surface area contributed by atoms with Crippen LogP contribution in [0.3, 0.4) is 0 Å². The molecule has 1 saturated heterocycles. The van der Waals surface area contributed by atoms with Crippen molar-refractivity contribution >= 4 is 49.1 Å². The van der Waals surface area contributed by atoms with E-state index in [2.05, 4.69) is 25.9 Å². The largest absolute Gasteiger partial charge is 0.312 e. The Kier molecular flexibility index (Phi) is 3.77. The third kappa shape index (κ3) is 2.67. The van der Waals surface area contributed by atoms with E-state index in [-0.39, 0.29) is 17.4 Å². The second-order valence-electron chi connectivity index (χ2n) is 5.91. The van der Waals surface area contributed by atoms with Crippen LogP contribution in [0.25, 0.3) is 10.2 Å². The number of amides is 1. The summed E-state index contributed by atoms with van der Waals surface area (Å²) in [6.07, 6.45) is 0.356. The van der Waals surface area contributed by atoms with Crippen LogP contribution in [0.2, 0.25) is 0 Å². The molecule has 24 heavy (non-hydrogen) atoms. The van der Waals surface area contributed by atoms with E-state index in [0.717, 1.165) is 19.9 Å². The molecule has 1 aliphatic rings. The topological polar surface area (TPSA) is 66.1 Å². The van der Waals surface area contributed by atoms with Gasteiger partial charge in [-0.1, -0.05) is 15.9 Å². The zero-order chi connectivity index (χ0) is 16.8. The first kappa shape index (κ1) is 15.5. The van der Waals surface area contributed by atoms with E-state index in [9.17, 15) is 9.59 Å². The summed E-state index contributed by atoms with van der Waals surface area (Å²) < 4.78 is 0.971. The monoisotopic (exact) mass is 403 g/mol. The van der Waals surface area contributed by atoms with E-state index >= 15 is 0 Å². The lowest BCUT2D eigenvalue weighted by Gasteiger charge is -2.16. The van der Waals surface area contributed by atoms with E-state index in [1.54, 1.807) is 4.90 Å². The Balaban J connectivity index is 1.67. The summed E-state index contributed by atoms with van der Waals surface area (Å²) in [6, 6.07) is 9.50. The van der Waals surface area contributed by atoms with E-state index in [1.807, 2.05) is 37.3 Å². The molecule has 0 spiro atoms. The van der Waals surface area contributed by atoms with Gasteiger partial charge in [-0.15, -0.1) is 11.3 Å². The third-order valence-corrected chi connectivity index (χ3v) is 5.67. The van der Waals surface area contributed by atoms with Crippen molar-refractivity contribution in [3.63, 3.8) is 0 Å². The average molecular weight is 404 g/mol. The van der Waals surface area contributed by atoms with Gasteiger partial charge in [-0.2, -0.15) is 0 Å². The van der Waals surface area contributed by atoms with Crippen LogP contribution in [0.5, 0.6) is 0 Å². The number of aromatic amines is 1. The van der Waals surface area contributed by atoms with Crippen LogP contribution in [0, 0.1) is 6.92 Å². The predicted octanol–water partition coefficient (Wildman–Crippen LogP) is 3.58. The molecular weight excluding hydrogens is 390 g/mol. The van der Waals surface area contributed by atoms with E-state index in [0.29, 0.717) is 24.2 Å². The van der Waals surface area contributed by atoms with Gasteiger partial charge in [0.25, 0.3) is 5.56 Å². The van der Waals surface area contributed by atoms with Gasteiger partial charge in [0, 0.05) is 33.9 Å². The first-order chi connectivity index (χ1) is 11.5. The first-order valence-corrected chi connectivity index (χ1v) is 9.18. The number of hydrogen-bond acceptors (Lipinski definition) is 4. The molecule has 0 aliphatic carbocycles. The number of thiophene rings is 1. The van der Waals surface area contributed by atoms with Crippen molar-refractivity contribution < 1.29 is 4.79 Å². The lowest BCUT2D eigenvalue weighted by Crippen LogP contribution is -2.24. The van der Waals surface area contributed by atoms with Crippen LogP contribution in [-0.2, 0) is 4.79 Å². The number of hydrogen-bond donors (Lipinski definition) is 1. The maximum absolute atomic E-state index is 12.4. The highest BCUT2D eigenvalue weighted by Gasteiger charge is 2.33. The number of nitrogens with zero attached hydrogens (tertiary/aromatic N) is 2. The molecule has 1 amide bonds. The van der Waals surface area contributed by atoms with Gasteiger partial charge in [-0.25, -0.2) is 4.98 Å². The molecular formula is C17H14BrN3O2S. The fourth-order valence-corrected chi connectivity index (χ4v) is 4.17. The molecule has 2 aromatic heterocycles. The Bertz CT molecular complexity index is 993. The molecule has 0 bridgehead atoms. The smallest absolute Gasteiger partial charge is 0.259 e. The molecule has 0 unspecified atom stereocenters. The van der Waals surface area contributed by atoms with E-state index in [4.69, 9.17) is 0 Å². The van der Waals surface area contributed by atoms with Gasteiger partial charge in [-0.05, 0) is 37.3 Å². The van der Waals surface area contributed by atoms with Gasteiger partial charge in [0.1, 0.15) is 10.7 Å². The Morgan fingerprint density at radius 2 is 2.04 bits per heavy atom. The van der Waals surface area contributed by atoms with Gasteiger partial charge in [0.05, 0.1) is 5.39 Å². The zero-order valence-corrected chi connectivity index (χ0v) is 15.3. The molecule has 1 fully saturated rings. The Morgan fingerprint density at radius 3 is 2.79 bits per heavy atom. The molecule has 1 aromatic carbocycles. The van der Waals surface area contributed by atoms with E-state index < -0.39 is 0 Å². The number of anilines is 1. The molecule has 0 radical (unpaired) electrons. The fourth-order valence-electron chi connectivity index (χ4n) is 3.02. The predicted molar refractivity (Wildman–Crippen MR) is 98.8 cm³/mol. The molecule has 1 N–H and O–H groups in total. The number of nitrogens with one attached hydrogen (secondary N) is 1. The second-order valence-corrected chi connectivity index (χ2v) is 8.06. The molecule has 1 aliphatic heterocycles. The normalized spacial score (nSPS) is 17.8. The van der Waals surface area contributed by atoms with Gasteiger partial charge < -0.3 is 9.88 Å². The van der Waals surface area contributed by atoms with Crippen molar-refractivity contribution in [1.82, 2.24) is 9.97 Å². The Labute approximate surface area is 150 Å². The van der Waals surface area contributed by atoms with Gasteiger partial charge in [-0.3, -0.25) is 9.59 Å². The van der Waals surface area contributed by atoms with Crippen molar-refractivity contribution in [3.05, 3.63) is 55.9 Å². The van der Waals surface area contributed by atoms with Gasteiger partial charge in [0.2, 0.25) is 5.91 Å². The summed E-state index contributed by atoms with van der Waals surface area (Å²) in [4.78, 5) is 35.6. The second kappa shape index (κ2) is 5.82. The fraction of sp³-hybridized carbons (Fsp3) is 0.235. The minimum atomic E-state index is -0.131. The number of fused-ring (bicyclic) bond motifs is 1. The number of carbonyl (C=O) groups excluding carboxylic acids is 1. The molecule has 7 heteroatoms. The van der Waals surface area contributed by atoms with E-state index in [1.165, 1.54) is 11.3 Å². The first-order valence-electron chi connectivity index (χ1n) is 7.57. The number of carbonyl (C=O) groups is 1. The summed E-state index contributed by atoms with van der Waals surface area (Å²) in [6.45, 7) is 2.49. The van der Waals surface area contributed by atoms with Crippen LogP contribution in [-0.4, -0.2) is 22.4 Å². The molecule has 122 valence electrons. The van der Waals surface area contributed by atoms with Crippen LogP contribution >= 0.6 is 27.3 Å². The van der Waals surface area contributed by atoms with Crippen LogP contribution < -0.4 is 10.5 Å². The number of rotatable bonds is 2. The summed E-state index contributed by atoms with van der Waals surface area (Å²) in [5, 5.41) is 0.621. The maximum Gasteiger partial charge on any atom is 0.259 e. The highest BCUT2D eigenvalue weighted by atomic mass is 79.9. The molecule has 5 nitrogen and oxygen atoms in total. The van der Waals surface area contributed by atoms with Crippen molar-refractivity contribution in [1.29, 1.82) is 0 Å². The Morgan fingerprint density at radius 1 is 1.29 bits per heavy atom. The number of halogens is 1. The van der Waals surface area contributed by atoms with Gasteiger partial charge >= 0.3 is 0 Å². The van der Waals surface area contributed by atoms with Gasteiger partial charge in [0.15, 0.2) is 0 Å². The summed E-state index contributed by atoms with van der Waals surface area (Å²) in [5.74, 6) is 0.551. The van der Waals surface area contributed by atoms with Crippen molar-refractivity contribution in [2.24, 2.45) is 0 Å². The molecule has 4 rings (SSSR count). The summed E-state index contributed by atoms with van der Waals surface area (Å²) >= 11 is 4.90. The summed E-state index contributed by atoms with van der Waals surface area (Å²) in [5.41, 5.74) is 0.731. The van der Waals surface area contributed by atoms with Crippen LogP contribution in [0.15, 0.2) is 39.6 Å². The lowest BCUT2D eigenvalue weighted by molar-refractivity contribution is -0.117. The minimum Gasteiger partial charge on any atom is -0.312 e. The third-order valence-electron chi connectivity index (χ3n) is 4.19. The molecule has 3 aromatic rings. The van der Waals surface area contributed by atoms with Crippen molar-refractivity contribution in [2.45, 2.75) is 19.3 Å². The quantitative estimate of drug-likeness (QED) is 0.710. The maximum atomic E-state index is 12.4. The zero-order valence-electron chi connectivity index (χ0n) is 12.9. The SMILES string of the molecule is Cc1cc2c(=O)[nH]c([C@@H]3CC(=O)N(c4ccc(Br)cc4)C3)nc2s1. The Hall–Kier alpha value is -1.99. The molecule has 0 saturated carbocycles. The molecule has 1 atom stereocenters. The van der Waals surface area contributed by atoms with Crippen LogP contribution in [0.4, 0.5) is 5.69 Å². The summed E-state index contributed by atoms with van der Waals surface area (Å²) in [7, 11) is 0. The molecule has 3 heterocycles. The van der Waals surface area contributed by atoms with Crippen molar-refractivity contribution in [3.8, 4) is 0 Å². The number of aromatic nitrogens is 2. The minimum absolute atomic E-state index is 0.0485. The lowest BCUT2D eigenvalue weighted by atomic mass is 10.1. The van der Waals surface area contributed by atoms with Crippen LogP contribution in [0.1, 0.15) is 23.0 Å². The highest BCUT2D eigenvalue weighted by Crippen LogP contribution is 2.31. The number of H-pyrrole nitrogens is 1. The highest BCUT2D eigenvalue weighted by molar-refractivity contribution is 9.10. The average Bonchev–Trinajstić information content (AvgIpc) is 3.11. The number of benzene rings is 1. The standard InChI is InChI=1S/C17H14BrN3O2S/c1-9-6-13-16(23)19-15(20-17(13)24-9)10-7-14(22)21(8-10)12-4-2-11(18)3-5-12/h2-6,10H,7-8H2,1H3,(H,19,20,23)/t10-/m1/s1. The number of aryl methyl sites for hydroxylation is 1.